The molecule has 1 N–H and O–H groups in total. The normalized spacial score (nSPS) is 15.7. The van der Waals surface area contributed by atoms with Gasteiger partial charge in [0.05, 0.1) is 13.7 Å². The Morgan fingerprint density at radius 2 is 1.76 bits per heavy atom. The van der Waals surface area contributed by atoms with Crippen molar-refractivity contribution < 1.29 is 9.53 Å². The quantitative estimate of drug-likeness (QED) is 0.875. The first-order chi connectivity index (χ1) is 12.2. The molecule has 4 nitrogen and oxygen atoms in total. The van der Waals surface area contributed by atoms with E-state index in [0.717, 1.165) is 43.8 Å². The highest BCUT2D eigenvalue weighted by Gasteiger charge is 2.21. The van der Waals surface area contributed by atoms with Crippen LogP contribution in [0.15, 0.2) is 54.6 Å². The predicted octanol–water partition coefficient (Wildman–Crippen LogP) is 3.59. The first-order valence-corrected chi connectivity index (χ1v) is 8.93. The van der Waals surface area contributed by atoms with Crippen molar-refractivity contribution in [2.75, 3.05) is 32.1 Å². The lowest BCUT2D eigenvalue weighted by Gasteiger charge is -2.31. The van der Waals surface area contributed by atoms with E-state index < -0.39 is 0 Å². The first kappa shape index (κ1) is 17.5. The van der Waals surface area contributed by atoms with Crippen LogP contribution in [0, 0.1) is 5.92 Å². The molecule has 1 fully saturated rings. The lowest BCUT2D eigenvalue weighted by Crippen LogP contribution is -2.39. The predicted molar refractivity (Wildman–Crippen MR) is 101 cm³/mol. The molecule has 1 amide bonds. The Morgan fingerprint density at radius 1 is 1.08 bits per heavy atom. The van der Waals surface area contributed by atoms with E-state index in [0.29, 0.717) is 12.5 Å². The van der Waals surface area contributed by atoms with Crippen molar-refractivity contribution >= 4 is 11.6 Å². The molecule has 132 valence electrons. The van der Waals surface area contributed by atoms with Crippen LogP contribution in [-0.2, 0) is 11.2 Å². The fourth-order valence-corrected chi connectivity index (χ4v) is 3.37. The van der Waals surface area contributed by atoms with Gasteiger partial charge in [0.25, 0.3) is 0 Å². The van der Waals surface area contributed by atoms with E-state index in [1.54, 1.807) is 7.11 Å². The molecular formula is C21H26N2O2. The van der Waals surface area contributed by atoms with E-state index in [1.165, 1.54) is 5.56 Å². The minimum absolute atomic E-state index is 0.0693. The summed E-state index contributed by atoms with van der Waals surface area (Å²) in [4.78, 5) is 14.4. The molecule has 0 bridgehead atoms. The molecule has 0 saturated carbocycles. The number of piperidine rings is 1. The van der Waals surface area contributed by atoms with E-state index in [1.807, 2.05) is 42.5 Å². The molecule has 1 saturated heterocycles. The second-order valence-electron chi connectivity index (χ2n) is 6.69. The van der Waals surface area contributed by atoms with Gasteiger partial charge in [-0.25, -0.2) is 0 Å². The molecule has 2 aromatic rings. The van der Waals surface area contributed by atoms with Crippen molar-refractivity contribution in [1.29, 1.82) is 0 Å². The van der Waals surface area contributed by atoms with E-state index in [-0.39, 0.29) is 5.91 Å². The molecule has 1 aliphatic rings. The second kappa shape index (κ2) is 8.67. The third-order valence-electron chi connectivity index (χ3n) is 4.82. The monoisotopic (exact) mass is 338 g/mol. The van der Waals surface area contributed by atoms with Gasteiger partial charge >= 0.3 is 0 Å². The molecule has 4 heteroatoms. The van der Waals surface area contributed by atoms with Gasteiger partial charge in [0.1, 0.15) is 5.75 Å². The number of carbonyl (C=O) groups excluding carboxylic acids is 1. The highest BCUT2D eigenvalue weighted by atomic mass is 16.5. The zero-order valence-electron chi connectivity index (χ0n) is 14.8. The van der Waals surface area contributed by atoms with Gasteiger partial charge < -0.3 is 10.1 Å². The Balaban J connectivity index is 1.41. The van der Waals surface area contributed by atoms with Gasteiger partial charge in [-0.3, -0.25) is 9.69 Å². The van der Waals surface area contributed by atoms with Crippen LogP contribution in [0.2, 0.25) is 0 Å². The number of benzene rings is 2. The Bertz CT molecular complexity index is 662. The molecular weight excluding hydrogens is 312 g/mol. The van der Waals surface area contributed by atoms with Gasteiger partial charge in [-0.2, -0.15) is 0 Å². The molecule has 0 aromatic heterocycles. The van der Waals surface area contributed by atoms with E-state index in [9.17, 15) is 4.79 Å². The number of ether oxygens (including phenoxy) is 1. The number of methoxy groups -OCH3 is 1. The third kappa shape index (κ3) is 5.33. The van der Waals surface area contributed by atoms with Crippen molar-refractivity contribution in [3.05, 3.63) is 60.2 Å². The highest BCUT2D eigenvalue weighted by Crippen LogP contribution is 2.23. The summed E-state index contributed by atoms with van der Waals surface area (Å²) in [5, 5.41) is 2.96. The lowest BCUT2D eigenvalue weighted by molar-refractivity contribution is -0.117. The van der Waals surface area contributed by atoms with Crippen LogP contribution in [0.25, 0.3) is 0 Å². The average molecular weight is 338 g/mol. The third-order valence-corrected chi connectivity index (χ3v) is 4.82. The second-order valence-corrected chi connectivity index (χ2v) is 6.69. The molecule has 25 heavy (non-hydrogen) atoms. The fourth-order valence-electron chi connectivity index (χ4n) is 3.37. The maximum atomic E-state index is 12.1. The summed E-state index contributed by atoms with van der Waals surface area (Å²) in [6.45, 7) is 2.45. The summed E-state index contributed by atoms with van der Waals surface area (Å²) in [5.74, 6) is 1.67. The van der Waals surface area contributed by atoms with Crippen molar-refractivity contribution in [3.8, 4) is 5.75 Å². The van der Waals surface area contributed by atoms with E-state index in [2.05, 4.69) is 22.3 Å². The van der Waals surface area contributed by atoms with Crippen molar-refractivity contribution in [2.45, 2.75) is 19.3 Å². The molecule has 1 aliphatic heterocycles. The average Bonchev–Trinajstić information content (AvgIpc) is 2.65. The van der Waals surface area contributed by atoms with Crippen LogP contribution < -0.4 is 10.1 Å². The molecule has 0 unspecified atom stereocenters. The van der Waals surface area contributed by atoms with Crippen molar-refractivity contribution in [1.82, 2.24) is 4.90 Å². The number of para-hydroxylation sites is 1. The van der Waals surface area contributed by atoms with Gasteiger partial charge in [0.15, 0.2) is 0 Å². The van der Waals surface area contributed by atoms with Crippen LogP contribution >= 0.6 is 0 Å². The van der Waals surface area contributed by atoms with E-state index >= 15 is 0 Å². The lowest BCUT2D eigenvalue weighted by atomic mass is 9.90. The molecule has 2 aromatic carbocycles. The molecule has 0 aliphatic carbocycles. The van der Waals surface area contributed by atoms with Gasteiger partial charge in [-0.1, -0.05) is 30.3 Å². The zero-order valence-corrected chi connectivity index (χ0v) is 14.8. The number of likely N-dealkylation sites (tertiary alicyclic amines) is 1. The Morgan fingerprint density at radius 3 is 2.40 bits per heavy atom. The van der Waals surface area contributed by atoms with Crippen LogP contribution in [0.1, 0.15) is 18.4 Å². The number of rotatable bonds is 6. The van der Waals surface area contributed by atoms with Gasteiger partial charge in [0, 0.05) is 5.69 Å². The topological polar surface area (TPSA) is 41.6 Å². The minimum Gasteiger partial charge on any atom is -0.497 e. The van der Waals surface area contributed by atoms with Crippen molar-refractivity contribution in [2.24, 2.45) is 5.92 Å². The Hall–Kier alpha value is -2.33. The Kier molecular flexibility index (Phi) is 6.07. The van der Waals surface area contributed by atoms with Crippen molar-refractivity contribution in [3.63, 3.8) is 0 Å². The Labute approximate surface area is 149 Å². The number of nitrogens with zero attached hydrogens (tertiary/aromatic N) is 1. The standard InChI is InChI=1S/C21H26N2O2/c1-25-20-9-7-17(8-10-20)15-18-11-13-23(14-12-18)16-21(24)22-19-5-3-2-4-6-19/h2-10,18H,11-16H2,1H3,(H,22,24). The number of carbonyl (C=O) groups is 1. The van der Waals surface area contributed by atoms with Crippen LogP contribution in [0.3, 0.4) is 0 Å². The minimum atomic E-state index is 0.0693. The number of anilines is 1. The van der Waals surface area contributed by atoms with E-state index in [4.69, 9.17) is 4.74 Å². The fraction of sp³-hybridized carbons (Fsp3) is 0.381. The molecule has 0 spiro atoms. The van der Waals surface area contributed by atoms with Crippen LogP contribution in [-0.4, -0.2) is 37.6 Å². The number of nitrogens with one attached hydrogen (secondary N) is 1. The molecule has 0 radical (unpaired) electrons. The summed E-state index contributed by atoms with van der Waals surface area (Å²) in [6.07, 6.45) is 3.39. The summed E-state index contributed by atoms with van der Waals surface area (Å²) in [7, 11) is 1.69. The zero-order chi connectivity index (χ0) is 17.5. The summed E-state index contributed by atoms with van der Waals surface area (Å²) < 4.78 is 5.21. The van der Waals surface area contributed by atoms with Crippen LogP contribution in [0.4, 0.5) is 5.69 Å². The summed E-state index contributed by atoms with van der Waals surface area (Å²) >= 11 is 0. The first-order valence-electron chi connectivity index (χ1n) is 8.93. The summed E-state index contributed by atoms with van der Waals surface area (Å²) in [5.41, 5.74) is 2.22. The van der Waals surface area contributed by atoms with Gasteiger partial charge in [-0.15, -0.1) is 0 Å². The maximum Gasteiger partial charge on any atom is 0.238 e. The van der Waals surface area contributed by atoms with Gasteiger partial charge in [0.2, 0.25) is 5.91 Å². The highest BCUT2D eigenvalue weighted by molar-refractivity contribution is 5.92. The maximum absolute atomic E-state index is 12.1. The SMILES string of the molecule is COc1ccc(CC2CCN(CC(=O)Nc3ccccc3)CC2)cc1. The smallest absolute Gasteiger partial charge is 0.238 e. The number of hydrogen-bond donors (Lipinski definition) is 1. The molecule has 0 atom stereocenters. The summed E-state index contributed by atoms with van der Waals surface area (Å²) in [6, 6.07) is 18.0. The largest absolute Gasteiger partial charge is 0.497 e. The molecule has 1 heterocycles. The van der Waals surface area contributed by atoms with Gasteiger partial charge in [-0.05, 0) is 68.1 Å². The number of amides is 1. The van der Waals surface area contributed by atoms with Crippen LogP contribution in [0.5, 0.6) is 5.75 Å². The number of hydrogen-bond acceptors (Lipinski definition) is 3. The molecule has 3 rings (SSSR count).